The lowest BCUT2D eigenvalue weighted by Gasteiger charge is -2.21. The minimum atomic E-state index is -0.737. The molecule has 0 radical (unpaired) electrons. The molecule has 0 aliphatic rings. The fraction of sp³-hybridized carbons (Fsp3) is 0.0968. The minimum Gasteiger partial charge on any atom is -0.251 e. The molecule has 0 aliphatic heterocycles. The Morgan fingerprint density at radius 2 is 1.38 bits per heavy atom. The van der Waals surface area contributed by atoms with Crippen LogP contribution in [0.1, 0.15) is 23.7 Å². The van der Waals surface area contributed by atoms with Gasteiger partial charge >= 0.3 is 0 Å². The monoisotopic (exact) mass is 458 g/mol. The van der Waals surface area contributed by atoms with Crippen molar-refractivity contribution < 1.29 is 0 Å². The molecule has 0 saturated heterocycles. The fourth-order valence-electron chi connectivity index (χ4n) is 4.17. The summed E-state index contributed by atoms with van der Waals surface area (Å²) in [6.45, 7) is 6.25. The number of hydrogen-bond acceptors (Lipinski definition) is 2. The van der Waals surface area contributed by atoms with Gasteiger partial charge in [0.2, 0.25) is 0 Å². The van der Waals surface area contributed by atoms with Gasteiger partial charge in [0.1, 0.15) is 0 Å². The molecule has 0 unspecified atom stereocenters. The van der Waals surface area contributed by atoms with Crippen molar-refractivity contribution in [2.45, 2.75) is 20.8 Å². The summed E-state index contributed by atoms with van der Waals surface area (Å²) in [5.74, 6) is 0. The van der Waals surface area contributed by atoms with Gasteiger partial charge in [-0.3, -0.25) is 4.99 Å². The first kappa shape index (κ1) is 22.2. The van der Waals surface area contributed by atoms with E-state index < -0.39 is 7.92 Å². The van der Waals surface area contributed by atoms with Crippen LogP contribution in [0.3, 0.4) is 0 Å². The zero-order valence-electron chi connectivity index (χ0n) is 19.7. The van der Waals surface area contributed by atoms with Crippen molar-refractivity contribution in [1.29, 1.82) is 0 Å². The van der Waals surface area contributed by atoms with Crippen LogP contribution in [0.2, 0.25) is 0 Å². The number of pyridine rings is 1. The normalized spacial score (nSPS) is 11.8. The smallest absolute Gasteiger partial charge is 0.0849 e. The number of aromatic nitrogens is 1. The van der Waals surface area contributed by atoms with E-state index in [2.05, 4.69) is 130 Å². The topological polar surface area (TPSA) is 25.2 Å². The maximum absolute atomic E-state index is 5.18. The lowest BCUT2D eigenvalue weighted by molar-refractivity contribution is 1.31. The number of nitrogens with zero attached hydrogens (tertiary/aromatic N) is 2. The Kier molecular flexibility index (Phi) is 6.34. The zero-order chi connectivity index (χ0) is 23.5. The van der Waals surface area contributed by atoms with Crippen molar-refractivity contribution in [3.8, 4) is 0 Å². The van der Waals surface area contributed by atoms with Crippen LogP contribution in [0.4, 0.5) is 5.69 Å². The molecule has 0 atom stereocenters. The molecule has 1 aromatic heterocycles. The molecule has 1 heterocycles. The van der Waals surface area contributed by atoms with E-state index in [1.54, 1.807) is 0 Å². The highest BCUT2D eigenvalue weighted by Gasteiger charge is 2.19. The molecule has 5 rings (SSSR count). The molecule has 0 aliphatic carbocycles. The molecular formula is C31H27N2P. The quantitative estimate of drug-likeness (QED) is 0.211. The number of fused-ring (bicyclic) bond motifs is 1. The second kappa shape index (κ2) is 9.71. The lowest BCUT2D eigenvalue weighted by atomic mass is 10.1. The van der Waals surface area contributed by atoms with Crippen molar-refractivity contribution in [2.75, 3.05) is 0 Å². The third-order valence-corrected chi connectivity index (χ3v) is 8.46. The molecule has 0 amide bonds. The number of rotatable bonds is 5. The van der Waals surface area contributed by atoms with E-state index in [0.717, 1.165) is 28.0 Å². The van der Waals surface area contributed by atoms with Gasteiger partial charge in [0.25, 0.3) is 0 Å². The van der Waals surface area contributed by atoms with Crippen molar-refractivity contribution in [3.05, 3.63) is 126 Å². The minimum absolute atomic E-state index is 0.737. The van der Waals surface area contributed by atoms with Crippen molar-refractivity contribution in [2.24, 2.45) is 4.99 Å². The van der Waals surface area contributed by atoms with E-state index in [4.69, 9.17) is 9.98 Å². The third-order valence-electron chi connectivity index (χ3n) is 5.99. The molecule has 3 heteroatoms. The number of aliphatic imine (C=N–C) groups is 1. The van der Waals surface area contributed by atoms with Gasteiger partial charge in [0.15, 0.2) is 0 Å². The average molecular weight is 459 g/mol. The van der Waals surface area contributed by atoms with Crippen LogP contribution in [-0.4, -0.2) is 10.7 Å². The molecule has 0 bridgehead atoms. The Bertz CT molecular complexity index is 1430. The molecule has 2 nitrogen and oxygen atoms in total. The van der Waals surface area contributed by atoms with Gasteiger partial charge in [0, 0.05) is 10.7 Å². The van der Waals surface area contributed by atoms with Gasteiger partial charge in [-0.15, -0.1) is 0 Å². The number of para-hydroxylation sites is 1. The van der Waals surface area contributed by atoms with Crippen LogP contribution in [0.5, 0.6) is 0 Å². The second-order valence-electron chi connectivity index (χ2n) is 8.54. The Hall–Kier alpha value is -3.61. The largest absolute Gasteiger partial charge is 0.251 e. The summed E-state index contributed by atoms with van der Waals surface area (Å²) in [5, 5.41) is 5.07. The van der Waals surface area contributed by atoms with Gasteiger partial charge in [0.05, 0.1) is 22.6 Å². The highest BCUT2D eigenvalue weighted by molar-refractivity contribution is 7.80. The summed E-state index contributed by atoms with van der Waals surface area (Å²) in [6, 6.07) is 38.8. The summed E-state index contributed by atoms with van der Waals surface area (Å²) in [7, 11) is -0.737. The first-order chi connectivity index (χ1) is 16.6. The molecule has 5 aromatic rings. The van der Waals surface area contributed by atoms with E-state index >= 15 is 0 Å². The maximum atomic E-state index is 5.18. The van der Waals surface area contributed by atoms with E-state index in [-0.39, 0.29) is 0 Å². The molecule has 34 heavy (non-hydrogen) atoms. The van der Waals surface area contributed by atoms with E-state index in [9.17, 15) is 0 Å². The van der Waals surface area contributed by atoms with E-state index in [0.29, 0.717) is 0 Å². The van der Waals surface area contributed by atoms with E-state index in [1.807, 2.05) is 0 Å². The van der Waals surface area contributed by atoms with Gasteiger partial charge in [-0.2, -0.15) is 0 Å². The van der Waals surface area contributed by atoms with Crippen molar-refractivity contribution >= 4 is 46.1 Å². The molecule has 0 spiro atoms. The Balaban J connectivity index is 1.67. The molecule has 0 N–H and O–H groups in total. The first-order valence-electron chi connectivity index (χ1n) is 11.5. The number of aryl methyl sites for hydroxylation is 2. The number of hydrogen-bond donors (Lipinski definition) is 0. The van der Waals surface area contributed by atoms with Crippen LogP contribution in [0.15, 0.2) is 114 Å². The second-order valence-corrected chi connectivity index (χ2v) is 10.7. The Morgan fingerprint density at radius 3 is 2.06 bits per heavy atom. The van der Waals surface area contributed by atoms with Gasteiger partial charge in [-0.1, -0.05) is 97.1 Å². The molecular weight excluding hydrogens is 431 g/mol. The number of benzene rings is 4. The van der Waals surface area contributed by atoms with Crippen LogP contribution in [0, 0.1) is 13.8 Å². The van der Waals surface area contributed by atoms with Gasteiger partial charge < -0.3 is 0 Å². The summed E-state index contributed by atoms with van der Waals surface area (Å²) >= 11 is 0. The summed E-state index contributed by atoms with van der Waals surface area (Å²) in [5.41, 5.74) is 6.27. The Morgan fingerprint density at radius 1 is 0.706 bits per heavy atom. The van der Waals surface area contributed by atoms with Crippen molar-refractivity contribution in [1.82, 2.24) is 4.98 Å². The molecule has 0 saturated carbocycles. The molecule has 4 aromatic carbocycles. The standard InChI is InChI=1S/C31H27N2P/c1-22-17-18-23(2)29(21-22)32-24(3)28-20-19-25-11-10-16-30(31(25)33-28)34(26-12-6-4-7-13-26)27-14-8-5-9-15-27/h4-21H,1-3H3. The highest BCUT2D eigenvalue weighted by Crippen LogP contribution is 2.35. The van der Waals surface area contributed by atoms with Gasteiger partial charge in [-0.05, 0) is 62.6 Å². The van der Waals surface area contributed by atoms with E-state index in [1.165, 1.54) is 27.0 Å². The zero-order valence-corrected chi connectivity index (χ0v) is 20.6. The third kappa shape index (κ3) is 4.55. The van der Waals surface area contributed by atoms with Crippen LogP contribution < -0.4 is 15.9 Å². The summed E-state index contributed by atoms with van der Waals surface area (Å²) in [6.07, 6.45) is 0. The van der Waals surface area contributed by atoms with Crippen LogP contribution in [0.25, 0.3) is 10.9 Å². The SMILES string of the molecule is CC(=Nc1cc(C)ccc1C)c1ccc2cccc(P(c3ccccc3)c3ccccc3)c2n1. The lowest BCUT2D eigenvalue weighted by Crippen LogP contribution is -2.22. The van der Waals surface area contributed by atoms with Crippen molar-refractivity contribution in [3.63, 3.8) is 0 Å². The van der Waals surface area contributed by atoms with Crippen LogP contribution in [-0.2, 0) is 0 Å². The molecule has 166 valence electrons. The highest BCUT2D eigenvalue weighted by atomic mass is 31.1. The van der Waals surface area contributed by atoms with Gasteiger partial charge in [-0.25, -0.2) is 4.98 Å². The summed E-state index contributed by atoms with van der Waals surface area (Å²) in [4.78, 5) is 10.1. The molecule has 0 fully saturated rings. The predicted molar refractivity (Wildman–Crippen MR) is 148 cm³/mol. The summed E-state index contributed by atoms with van der Waals surface area (Å²) < 4.78 is 0. The Labute approximate surface area is 202 Å². The first-order valence-corrected chi connectivity index (χ1v) is 12.9. The predicted octanol–water partition coefficient (Wildman–Crippen LogP) is 6.75. The van der Waals surface area contributed by atoms with Crippen LogP contribution >= 0.6 is 7.92 Å². The average Bonchev–Trinajstić information content (AvgIpc) is 2.87. The maximum Gasteiger partial charge on any atom is 0.0849 e. The fourth-order valence-corrected chi connectivity index (χ4v) is 6.59.